The van der Waals surface area contributed by atoms with E-state index in [9.17, 15) is 4.39 Å². The Kier molecular flexibility index (Phi) is 5.34. The molecule has 29 heavy (non-hydrogen) atoms. The molecular weight excluding hydrogens is 393 g/mol. The summed E-state index contributed by atoms with van der Waals surface area (Å²) in [4.78, 5) is 12.6. The third-order valence-corrected chi connectivity index (χ3v) is 4.66. The van der Waals surface area contributed by atoms with Gasteiger partial charge in [-0.1, -0.05) is 41.6 Å². The lowest BCUT2D eigenvalue weighted by Gasteiger charge is -2.07. The van der Waals surface area contributed by atoms with Gasteiger partial charge in [0.15, 0.2) is 0 Å². The number of hydrogen-bond acceptors (Lipinski definition) is 9. The lowest BCUT2D eigenvalue weighted by atomic mass is 10.2. The quantitative estimate of drug-likeness (QED) is 0.456. The number of aryl methyl sites for hydroxylation is 1. The van der Waals surface area contributed by atoms with Gasteiger partial charge < -0.3 is 15.5 Å². The normalized spacial score (nSPS) is 10.8. The SMILES string of the molecule is Cc1ccc(Nc2nc(N)nc(CSc3nnc(-c4ccccc4F)o3)n2)cc1. The molecule has 10 heteroatoms. The maximum Gasteiger partial charge on any atom is 0.277 e. The van der Waals surface area contributed by atoms with Crippen LogP contribution in [-0.4, -0.2) is 25.1 Å². The second kappa shape index (κ2) is 8.23. The molecule has 8 nitrogen and oxygen atoms in total. The zero-order chi connectivity index (χ0) is 20.2. The molecule has 4 rings (SSSR count). The maximum absolute atomic E-state index is 13.8. The summed E-state index contributed by atoms with van der Waals surface area (Å²) >= 11 is 1.22. The summed E-state index contributed by atoms with van der Waals surface area (Å²) in [5.74, 6) is 0.904. The summed E-state index contributed by atoms with van der Waals surface area (Å²) in [5, 5.41) is 11.2. The van der Waals surface area contributed by atoms with Crippen molar-refractivity contribution in [1.82, 2.24) is 25.1 Å². The molecule has 0 saturated carbocycles. The Morgan fingerprint density at radius 2 is 1.83 bits per heavy atom. The van der Waals surface area contributed by atoms with Gasteiger partial charge in [0, 0.05) is 5.69 Å². The van der Waals surface area contributed by atoms with E-state index in [0.29, 0.717) is 17.5 Å². The zero-order valence-corrected chi connectivity index (χ0v) is 16.2. The largest absolute Gasteiger partial charge is 0.411 e. The number of rotatable bonds is 6. The summed E-state index contributed by atoms with van der Waals surface area (Å²) in [7, 11) is 0. The van der Waals surface area contributed by atoms with Gasteiger partial charge >= 0.3 is 0 Å². The standard InChI is InChI=1S/C19H16FN7OS/c1-11-6-8-12(9-7-11)22-18-24-15(23-17(21)25-18)10-29-19-27-26-16(28-19)13-4-2-3-5-14(13)20/h2-9H,10H2,1H3,(H3,21,22,23,24,25). The summed E-state index contributed by atoms with van der Waals surface area (Å²) in [5.41, 5.74) is 8.04. The van der Waals surface area contributed by atoms with E-state index in [1.807, 2.05) is 31.2 Å². The Balaban J connectivity index is 1.45. The molecule has 2 heterocycles. The molecule has 0 unspecified atom stereocenters. The van der Waals surface area contributed by atoms with Crippen LogP contribution < -0.4 is 11.1 Å². The fraction of sp³-hybridized carbons (Fsp3) is 0.105. The summed E-state index contributed by atoms with van der Waals surface area (Å²) in [6.45, 7) is 2.01. The summed E-state index contributed by atoms with van der Waals surface area (Å²) in [6, 6.07) is 14.0. The third-order valence-electron chi connectivity index (χ3n) is 3.84. The first-order valence-electron chi connectivity index (χ1n) is 8.62. The molecule has 0 fully saturated rings. The Bertz CT molecular complexity index is 1130. The number of hydrogen-bond donors (Lipinski definition) is 2. The van der Waals surface area contributed by atoms with Gasteiger partial charge in [-0.3, -0.25) is 0 Å². The van der Waals surface area contributed by atoms with Crippen LogP contribution in [0.3, 0.4) is 0 Å². The molecule has 0 bridgehead atoms. The van der Waals surface area contributed by atoms with Crippen molar-refractivity contribution >= 4 is 29.3 Å². The smallest absolute Gasteiger partial charge is 0.277 e. The second-order valence-corrected chi connectivity index (χ2v) is 6.99. The van der Waals surface area contributed by atoms with Gasteiger partial charge in [-0.15, -0.1) is 10.2 Å². The molecule has 146 valence electrons. The van der Waals surface area contributed by atoms with Gasteiger partial charge in [0.05, 0.1) is 11.3 Å². The molecule has 2 aromatic heterocycles. The van der Waals surface area contributed by atoms with Crippen molar-refractivity contribution in [3.05, 3.63) is 65.7 Å². The molecule has 3 N–H and O–H groups in total. The highest BCUT2D eigenvalue weighted by atomic mass is 32.2. The minimum absolute atomic E-state index is 0.0998. The number of halogens is 1. The number of nitrogens with two attached hydrogens (primary N) is 1. The van der Waals surface area contributed by atoms with Crippen molar-refractivity contribution in [1.29, 1.82) is 0 Å². The van der Waals surface area contributed by atoms with Crippen molar-refractivity contribution in [3.8, 4) is 11.5 Å². The van der Waals surface area contributed by atoms with Crippen molar-refractivity contribution in [2.75, 3.05) is 11.1 Å². The number of nitrogen functional groups attached to an aromatic ring is 1. The van der Waals surface area contributed by atoms with E-state index in [1.54, 1.807) is 18.2 Å². The van der Waals surface area contributed by atoms with Crippen LogP contribution >= 0.6 is 11.8 Å². The average Bonchev–Trinajstić information content (AvgIpc) is 3.17. The molecule has 0 spiro atoms. The van der Waals surface area contributed by atoms with Crippen molar-refractivity contribution in [2.45, 2.75) is 17.9 Å². The minimum atomic E-state index is -0.426. The fourth-order valence-electron chi connectivity index (χ4n) is 2.46. The van der Waals surface area contributed by atoms with E-state index < -0.39 is 5.82 Å². The average molecular weight is 409 g/mol. The molecule has 4 aromatic rings. The van der Waals surface area contributed by atoms with Crippen LogP contribution in [-0.2, 0) is 5.75 Å². The van der Waals surface area contributed by atoms with E-state index in [-0.39, 0.29) is 22.6 Å². The first-order chi connectivity index (χ1) is 14.1. The predicted octanol–water partition coefficient (Wildman–Crippen LogP) is 3.99. The molecule has 0 atom stereocenters. The molecule has 0 radical (unpaired) electrons. The van der Waals surface area contributed by atoms with Crippen LogP contribution in [0.5, 0.6) is 0 Å². The fourth-order valence-corrected chi connectivity index (χ4v) is 3.08. The number of nitrogens with one attached hydrogen (secondary N) is 1. The van der Waals surface area contributed by atoms with Gasteiger partial charge in [-0.2, -0.15) is 15.0 Å². The van der Waals surface area contributed by atoms with Gasteiger partial charge in [-0.05, 0) is 31.2 Å². The first-order valence-corrected chi connectivity index (χ1v) is 9.61. The number of nitrogens with zero attached hydrogens (tertiary/aromatic N) is 5. The van der Waals surface area contributed by atoms with Gasteiger partial charge in [0.2, 0.25) is 11.9 Å². The molecule has 0 aliphatic carbocycles. The molecule has 0 aliphatic rings. The minimum Gasteiger partial charge on any atom is -0.411 e. The number of anilines is 3. The van der Waals surface area contributed by atoms with Crippen LogP contribution in [0.2, 0.25) is 0 Å². The van der Waals surface area contributed by atoms with Gasteiger partial charge in [-0.25, -0.2) is 4.39 Å². The van der Waals surface area contributed by atoms with Crippen LogP contribution in [0.4, 0.5) is 22.0 Å². The van der Waals surface area contributed by atoms with Gasteiger partial charge in [0.25, 0.3) is 11.1 Å². The zero-order valence-electron chi connectivity index (χ0n) is 15.3. The van der Waals surface area contributed by atoms with E-state index in [2.05, 4.69) is 30.5 Å². The molecular formula is C19H16FN7OS. The highest BCUT2D eigenvalue weighted by Crippen LogP contribution is 2.26. The molecule has 0 amide bonds. The lowest BCUT2D eigenvalue weighted by Crippen LogP contribution is -2.06. The third kappa shape index (κ3) is 4.66. The lowest BCUT2D eigenvalue weighted by molar-refractivity contribution is 0.462. The van der Waals surface area contributed by atoms with Gasteiger partial charge in [0.1, 0.15) is 11.6 Å². The molecule has 0 saturated heterocycles. The van der Waals surface area contributed by atoms with Crippen LogP contribution in [0.15, 0.2) is 58.2 Å². The number of benzene rings is 2. The topological polar surface area (TPSA) is 116 Å². The Labute approximate surface area is 169 Å². The maximum atomic E-state index is 13.8. The highest BCUT2D eigenvalue weighted by molar-refractivity contribution is 7.98. The highest BCUT2D eigenvalue weighted by Gasteiger charge is 2.14. The van der Waals surface area contributed by atoms with Crippen LogP contribution in [0, 0.1) is 12.7 Å². The summed E-state index contributed by atoms with van der Waals surface area (Å²) in [6.07, 6.45) is 0. The number of aromatic nitrogens is 5. The predicted molar refractivity (Wildman–Crippen MR) is 108 cm³/mol. The van der Waals surface area contributed by atoms with E-state index in [0.717, 1.165) is 11.3 Å². The van der Waals surface area contributed by atoms with E-state index in [4.69, 9.17) is 10.2 Å². The van der Waals surface area contributed by atoms with Crippen molar-refractivity contribution < 1.29 is 8.81 Å². The second-order valence-electron chi connectivity index (χ2n) is 6.07. The Hall–Kier alpha value is -3.53. The van der Waals surface area contributed by atoms with Crippen molar-refractivity contribution in [2.24, 2.45) is 0 Å². The van der Waals surface area contributed by atoms with Crippen molar-refractivity contribution in [3.63, 3.8) is 0 Å². The molecule has 2 aromatic carbocycles. The van der Waals surface area contributed by atoms with E-state index >= 15 is 0 Å². The monoisotopic (exact) mass is 409 g/mol. The Morgan fingerprint density at radius 1 is 1.03 bits per heavy atom. The summed E-state index contributed by atoms with van der Waals surface area (Å²) < 4.78 is 19.4. The Morgan fingerprint density at radius 3 is 2.62 bits per heavy atom. The van der Waals surface area contributed by atoms with Crippen LogP contribution in [0.25, 0.3) is 11.5 Å². The molecule has 0 aliphatic heterocycles. The first kappa shape index (κ1) is 18.8. The number of thioether (sulfide) groups is 1. The van der Waals surface area contributed by atoms with Crippen LogP contribution in [0.1, 0.15) is 11.4 Å². The van der Waals surface area contributed by atoms with E-state index in [1.165, 1.54) is 17.8 Å².